The minimum Gasteiger partial charge on any atom is -0.491 e. The Hall–Kier alpha value is -1.02. The number of rotatable bonds is 5. The summed E-state index contributed by atoms with van der Waals surface area (Å²) in [6, 6.07) is 9.54. The van der Waals surface area contributed by atoms with E-state index in [1.807, 2.05) is 6.07 Å². The van der Waals surface area contributed by atoms with Gasteiger partial charge < -0.3 is 10.1 Å². The van der Waals surface area contributed by atoms with E-state index >= 15 is 0 Å². The van der Waals surface area contributed by atoms with Crippen molar-refractivity contribution in [2.24, 2.45) is 5.92 Å². The first kappa shape index (κ1) is 14.4. The Morgan fingerprint density at radius 1 is 1.21 bits per heavy atom. The summed E-state index contributed by atoms with van der Waals surface area (Å²) in [5.41, 5.74) is 1.32. The van der Waals surface area contributed by atoms with Crippen molar-refractivity contribution >= 4 is 0 Å². The van der Waals surface area contributed by atoms with Crippen molar-refractivity contribution in [2.75, 3.05) is 0 Å². The van der Waals surface area contributed by atoms with Gasteiger partial charge in [0.25, 0.3) is 0 Å². The van der Waals surface area contributed by atoms with E-state index in [0.717, 1.165) is 11.7 Å². The number of benzene rings is 1. The second kappa shape index (κ2) is 6.42. The van der Waals surface area contributed by atoms with Crippen LogP contribution in [0.1, 0.15) is 58.6 Å². The van der Waals surface area contributed by atoms with Gasteiger partial charge in [0.05, 0.1) is 6.10 Å². The van der Waals surface area contributed by atoms with Crippen LogP contribution in [-0.4, -0.2) is 12.1 Å². The van der Waals surface area contributed by atoms with Crippen molar-refractivity contribution < 1.29 is 4.74 Å². The van der Waals surface area contributed by atoms with Gasteiger partial charge in [-0.15, -0.1) is 0 Å². The zero-order valence-electron chi connectivity index (χ0n) is 12.6. The summed E-state index contributed by atoms with van der Waals surface area (Å²) in [6.45, 7) is 8.73. The second-order valence-electron chi connectivity index (χ2n) is 6.24. The fraction of sp³-hybridized carbons (Fsp3) is 0.647. The van der Waals surface area contributed by atoms with Gasteiger partial charge in [0.2, 0.25) is 0 Å². The molecule has 1 aliphatic carbocycles. The van der Waals surface area contributed by atoms with Crippen molar-refractivity contribution in [2.45, 2.75) is 65.1 Å². The van der Waals surface area contributed by atoms with Crippen molar-refractivity contribution in [1.29, 1.82) is 0 Å². The molecule has 1 aromatic rings. The lowest BCUT2D eigenvalue weighted by molar-refractivity contribution is 0.242. The molecule has 0 aliphatic heterocycles. The molecule has 0 amide bonds. The van der Waals surface area contributed by atoms with Gasteiger partial charge in [-0.3, -0.25) is 0 Å². The fourth-order valence-electron chi connectivity index (χ4n) is 2.94. The summed E-state index contributed by atoms with van der Waals surface area (Å²) in [5.74, 6) is 1.85. The van der Waals surface area contributed by atoms with Crippen LogP contribution in [0.2, 0.25) is 0 Å². The summed E-state index contributed by atoms with van der Waals surface area (Å²) < 4.78 is 5.76. The Morgan fingerprint density at radius 2 is 2.00 bits per heavy atom. The van der Waals surface area contributed by atoms with E-state index in [2.05, 4.69) is 51.2 Å². The van der Waals surface area contributed by atoms with Crippen LogP contribution in [0.25, 0.3) is 0 Å². The molecule has 3 unspecified atom stereocenters. The minimum atomic E-state index is 0.231. The molecule has 1 aromatic carbocycles. The first-order valence-corrected chi connectivity index (χ1v) is 7.57. The summed E-state index contributed by atoms with van der Waals surface area (Å²) in [4.78, 5) is 0. The van der Waals surface area contributed by atoms with Crippen LogP contribution in [0.15, 0.2) is 24.3 Å². The molecular formula is C17H27NO. The zero-order valence-corrected chi connectivity index (χ0v) is 12.6. The molecule has 3 atom stereocenters. The fourth-order valence-corrected chi connectivity index (χ4v) is 2.94. The topological polar surface area (TPSA) is 21.3 Å². The van der Waals surface area contributed by atoms with Crippen LogP contribution < -0.4 is 10.1 Å². The number of nitrogens with one attached hydrogen (secondary N) is 1. The summed E-state index contributed by atoms with van der Waals surface area (Å²) in [5, 5.41) is 3.75. The maximum atomic E-state index is 5.76. The highest BCUT2D eigenvalue weighted by atomic mass is 16.5. The third kappa shape index (κ3) is 4.24. The number of hydrogen-bond donors (Lipinski definition) is 1. The van der Waals surface area contributed by atoms with Crippen LogP contribution in [0.5, 0.6) is 5.75 Å². The minimum absolute atomic E-state index is 0.231. The predicted octanol–water partition coefficient (Wildman–Crippen LogP) is 4.31. The van der Waals surface area contributed by atoms with Gasteiger partial charge in [-0.05, 0) is 63.6 Å². The zero-order chi connectivity index (χ0) is 13.8. The highest BCUT2D eigenvalue weighted by Gasteiger charge is 2.22. The van der Waals surface area contributed by atoms with Gasteiger partial charge in [-0.1, -0.05) is 19.1 Å². The normalized spacial score (nSPS) is 24.7. The number of hydrogen-bond acceptors (Lipinski definition) is 2. The van der Waals surface area contributed by atoms with Gasteiger partial charge in [0.15, 0.2) is 0 Å². The molecular weight excluding hydrogens is 234 g/mol. The third-order valence-electron chi connectivity index (χ3n) is 3.91. The van der Waals surface area contributed by atoms with E-state index in [1.54, 1.807) is 0 Å². The van der Waals surface area contributed by atoms with E-state index in [4.69, 9.17) is 4.74 Å². The van der Waals surface area contributed by atoms with Gasteiger partial charge >= 0.3 is 0 Å². The Balaban J connectivity index is 1.96. The third-order valence-corrected chi connectivity index (χ3v) is 3.91. The second-order valence-corrected chi connectivity index (χ2v) is 6.24. The molecule has 1 fully saturated rings. The Morgan fingerprint density at radius 3 is 2.63 bits per heavy atom. The molecule has 19 heavy (non-hydrogen) atoms. The van der Waals surface area contributed by atoms with Crippen molar-refractivity contribution in [3.05, 3.63) is 29.8 Å². The first-order valence-electron chi connectivity index (χ1n) is 7.57. The lowest BCUT2D eigenvalue weighted by Crippen LogP contribution is -2.29. The van der Waals surface area contributed by atoms with Crippen LogP contribution in [0.3, 0.4) is 0 Å². The molecule has 2 heteroatoms. The standard InChI is InChI=1S/C17H27NO/c1-12(2)19-17-7-5-6-15(11-17)14(4)18-16-9-8-13(3)10-16/h5-7,11-14,16,18H,8-10H2,1-4H3. The first-order chi connectivity index (χ1) is 9.04. The molecule has 0 saturated heterocycles. The lowest BCUT2D eigenvalue weighted by Gasteiger charge is -2.21. The van der Waals surface area contributed by atoms with Crippen LogP contribution >= 0.6 is 0 Å². The van der Waals surface area contributed by atoms with E-state index in [9.17, 15) is 0 Å². The average Bonchev–Trinajstić information content (AvgIpc) is 2.74. The summed E-state index contributed by atoms with van der Waals surface area (Å²) in [7, 11) is 0. The smallest absolute Gasteiger partial charge is 0.120 e. The van der Waals surface area contributed by atoms with Crippen LogP contribution in [0, 0.1) is 5.92 Å². The monoisotopic (exact) mass is 261 g/mol. The quantitative estimate of drug-likeness (QED) is 0.852. The molecule has 0 heterocycles. The van der Waals surface area contributed by atoms with Gasteiger partial charge in [-0.25, -0.2) is 0 Å². The maximum absolute atomic E-state index is 5.76. The van der Waals surface area contributed by atoms with Crippen molar-refractivity contribution in [1.82, 2.24) is 5.32 Å². The van der Waals surface area contributed by atoms with Gasteiger partial charge in [-0.2, -0.15) is 0 Å². The average molecular weight is 261 g/mol. The molecule has 0 spiro atoms. The molecule has 0 radical (unpaired) electrons. The Bertz CT molecular complexity index is 402. The van der Waals surface area contributed by atoms with E-state index in [-0.39, 0.29) is 6.10 Å². The molecule has 1 N–H and O–H groups in total. The van der Waals surface area contributed by atoms with E-state index < -0.39 is 0 Å². The maximum Gasteiger partial charge on any atom is 0.120 e. The van der Waals surface area contributed by atoms with Crippen LogP contribution in [-0.2, 0) is 0 Å². The number of ether oxygens (including phenoxy) is 1. The molecule has 106 valence electrons. The van der Waals surface area contributed by atoms with Gasteiger partial charge in [0, 0.05) is 12.1 Å². The predicted molar refractivity (Wildman–Crippen MR) is 80.6 cm³/mol. The molecule has 2 nitrogen and oxygen atoms in total. The summed E-state index contributed by atoms with van der Waals surface area (Å²) in [6.07, 6.45) is 4.22. The van der Waals surface area contributed by atoms with Gasteiger partial charge in [0.1, 0.15) is 5.75 Å². The Labute approximate surface area is 117 Å². The largest absolute Gasteiger partial charge is 0.491 e. The van der Waals surface area contributed by atoms with Crippen LogP contribution in [0.4, 0.5) is 0 Å². The van der Waals surface area contributed by atoms with Crippen molar-refractivity contribution in [3.63, 3.8) is 0 Å². The molecule has 1 aliphatic rings. The highest BCUT2D eigenvalue weighted by molar-refractivity contribution is 5.30. The summed E-state index contributed by atoms with van der Waals surface area (Å²) >= 11 is 0. The van der Waals surface area contributed by atoms with E-state index in [1.165, 1.54) is 24.8 Å². The highest BCUT2D eigenvalue weighted by Crippen LogP contribution is 2.27. The molecule has 0 bridgehead atoms. The Kier molecular flexibility index (Phi) is 4.87. The SMILES string of the molecule is CC1CCC(NC(C)c2cccc(OC(C)C)c2)C1. The molecule has 2 rings (SSSR count). The molecule has 0 aromatic heterocycles. The lowest BCUT2D eigenvalue weighted by atomic mass is 10.1. The molecule has 1 saturated carbocycles. The van der Waals surface area contributed by atoms with E-state index in [0.29, 0.717) is 12.1 Å². The van der Waals surface area contributed by atoms with Crippen molar-refractivity contribution in [3.8, 4) is 5.75 Å².